The molecular weight excluding hydrogens is 351 g/mol. The summed E-state index contributed by atoms with van der Waals surface area (Å²) in [5.41, 5.74) is -0.210. The number of carbonyl (C=O) groups excluding carboxylic acids is 1. The van der Waals surface area contributed by atoms with Gasteiger partial charge in [0.1, 0.15) is 0 Å². The molecule has 2 aliphatic heterocycles. The van der Waals surface area contributed by atoms with Gasteiger partial charge >= 0.3 is 13.1 Å². The number of methoxy groups -OCH3 is 1. The van der Waals surface area contributed by atoms with E-state index in [1.165, 1.54) is 0 Å². The molecule has 0 radical (unpaired) electrons. The van der Waals surface area contributed by atoms with E-state index < -0.39 is 18.3 Å². The first-order chi connectivity index (χ1) is 12.7. The number of hydrogen-bond donors (Lipinski definition) is 0. The van der Waals surface area contributed by atoms with Crippen LogP contribution in [0.5, 0.6) is 17.2 Å². The van der Waals surface area contributed by atoms with Crippen molar-refractivity contribution in [3.63, 3.8) is 0 Å². The van der Waals surface area contributed by atoms with Crippen LogP contribution in [-0.4, -0.2) is 44.8 Å². The second kappa shape index (κ2) is 7.24. The molecule has 2 aliphatic rings. The zero-order chi connectivity index (χ0) is 19.8. The highest BCUT2D eigenvalue weighted by Crippen LogP contribution is 2.47. The zero-order valence-electron chi connectivity index (χ0n) is 16.8. The van der Waals surface area contributed by atoms with Gasteiger partial charge in [-0.3, -0.25) is 4.79 Å². The molecule has 2 heterocycles. The van der Waals surface area contributed by atoms with Gasteiger partial charge in [-0.05, 0) is 52.3 Å². The molecule has 1 aromatic carbocycles. The maximum Gasteiger partial charge on any atom is 0.466 e. The lowest BCUT2D eigenvalue weighted by molar-refractivity contribution is -0.143. The quantitative estimate of drug-likeness (QED) is 0.556. The first-order valence-electron chi connectivity index (χ1n) is 9.17. The Hall–Kier alpha value is -1.93. The average Bonchev–Trinajstić information content (AvgIpc) is 3.13. The van der Waals surface area contributed by atoms with E-state index in [-0.39, 0.29) is 25.0 Å². The van der Waals surface area contributed by atoms with Crippen LogP contribution in [0.2, 0.25) is 0 Å². The zero-order valence-corrected chi connectivity index (χ0v) is 16.8. The van der Waals surface area contributed by atoms with Crippen LogP contribution in [0.1, 0.15) is 52.4 Å². The summed E-state index contributed by atoms with van der Waals surface area (Å²) in [7, 11) is 0.959. The van der Waals surface area contributed by atoms with Crippen LogP contribution in [0, 0.1) is 0 Å². The Morgan fingerprint density at radius 2 is 1.85 bits per heavy atom. The fraction of sp³-hybridized carbons (Fsp3) is 0.632. The number of hydrogen-bond acceptors (Lipinski definition) is 7. The smallest absolute Gasteiger partial charge is 0.466 e. The van der Waals surface area contributed by atoms with Gasteiger partial charge in [0.2, 0.25) is 12.5 Å². The van der Waals surface area contributed by atoms with Gasteiger partial charge in [-0.15, -0.1) is 0 Å². The van der Waals surface area contributed by atoms with Gasteiger partial charge < -0.3 is 28.3 Å². The summed E-state index contributed by atoms with van der Waals surface area (Å²) in [6.45, 7) is 10.2. The monoisotopic (exact) mass is 378 g/mol. The number of carbonyl (C=O) groups is 1. The second-order valence-electron chi connectivity index (χ2n) is 7.70. The molecule has 1 unspecified atom stereocenters. The van der Waals surface area contributed by atoms with Crippen LogP contribution >= 0.6 is 0 Å². The normalized spacial score (nSPS) is 20.4. The summed E-state index contributed by atoms with van der Waals surface area (Å²) in [5, 5.41) is 0. The first-order valence-corrected chi connectivity index (χ1v) is 9.17. The van der Waals surface area contributed by atoms with Crippen LogP contribution in [0.25, 0.3) is 0 Å². The first kappa shape index (κ1) is 19.8. The van der Waals surface area contributed by atoms with Crippen LogP contribution in [0.3, 0.4) is 0 Å². The van der Waals surface area contributed by atoms with E-state index >= 15 is 0 Å². The number of benzene rings is 1. The standard InChI is InChI=1S/C19H27BO7/c1-7-23-16(21)10-13(20-26-18(2,3)19(4,5)27-20)12-8-14(22-6)17-15(9-12)24-11-25-17/h8-9,13H,7,10-11H2,1-6H3. The number of esters is 1. The second-order valence-corrected chi connectivity index (χ2v) is 7.70. The van der Waals surface area contributed by atoms with Crippen molar-refractivity contribution in [1.82, 2.24) is 0 Å². The SMILES string of the molecule is CCOC(=O)CC(B1OC(C)(C)C(C)(C)O1)c1cc(OC)c2c(c1)OCO2. The number of rotatable bonds is 6. The van der Waals surface area contributed by atoms with Crippen molar-refractivity contribution in [3.05, 3.63) is 17.7 Å². The highest BCUT2D eigenvalue weighted by Gasteiger charge is 2.54. The Labute approximate surface area is 160 Å². The van der Waals surface area contributed by atoms with Crippen LogP contribution < -0.4 is 14.2 Å². The molecule has 1 aromatic rings. The van der Waals surface area contributed by atoms with Crippen molar-refractivity contribution in [2.24, 2.45) is 0 Å². The largest absolute Gasteiger partial charge is 0.493 e. The summed E-state index contributed by atoms with van der Waals surface area (Å²) in [4.78, 5) is 12.3. The summed E-state index contributed by atoms with van der Waals surface area (Å²) in [6.07, 6.45) is 0.119. The predicted octanol–water partition coefficient (Wildman–Crippen LogP) is 3.09. The third-order valence-corrected chi connectivity index (χ3v) is 5.40. The molecule has 0 aromatic heterocycles. The minimum Gasteiger partial charge on any atom is -0.493 e. The lowest BCUT2D eigenvalue weighted by Gasteiger charge is -2.32. The van der Waals surface area contributed by atoms with Crippen molar-refractivity contribution < 1.29 is 33.1 Å². The van der Waals surface area contributed by atoms with Crippen LogP contribution in [0.4, 0.5) is 0 Å². The summed E-state index contributed by atoms with van der Waals surface area (Å²) in [5.74, 6) is 0.993. The predicted molar refractivity (Wildman–Crippen MR) is 99.2 cm³/mol. The molecule has 3 rings (SSSR count). The Morgan fingerprint density at radius 1 is 1.19 bits per heavy atom. The van der Waals surface area contributed by atoms with E-state index in [0.29, 0.717) is 23.9 Å². The molecule has 7 nitrogen and oxygen atoms in total. The van der Waals surface area contributed by atoms with Gasteiger partial charge in [0, 0.05) is 5.82 Å². The number of fused-ring (bicyclic) bond motifs is 1. The molecule has 0 spiro atoms. The van der Waals surface area contributed by atoms with Gasteiger partial charge in [-0.1, -0.05) is 0 Å². The number of ether oxygens (including phenoxy) is 4. The maximum atomic E-state index is 12.3. The molecule has 27 heavy (non-hydrogen) atoms. The Kier molecular flexibility index (Phi) is 5.32. The molecule has 0 saturated carbocycles. The third-order valence-electron chi connectivity index (χ3n) is 5.40. The van der Waals surface area contributed by atoms with E-state index in [1.54, 1.807) is 14.0 Å². The van der Waals surface area contributed by atoms with Gasteiger partial charge in [-0.25, -0.2) is 0 Å². The van der Waals surface area contributed by atoms with E-state index in [0.717, 1.165) is 5.56 Å². The van der Waals surface area contributed by atoms with E-state index in [2.05, 4.69) is 0 Å². The molecule has 0 amide bonds. The third kappa shape index (κ3) is 3.73. The summed E-state index contributed by atoms with van der Waals surface area (Å²) < 4.78 is 34.0. The molecule has 1 fully saturated rings. The average molecular weight is 378 g/mol. The lowest BCUT2D eigenvalue weighted by Crippen LogP contribution is -2.41. The Morgan fingerprint density at radius 3 is 2.44 bits per heavy atom. The molecule has 1 saturated heterocycles. The topological polar surface area (TPSA) is 72.5 Å². The van der Waals surface area contributed by atoms with Crippen molar-refractivity contribution in [2.75, 3.05) is 20.5 Å². The fourth-order valence-corrected chi connectivity index (χ4v) is 3.19. The maximum absolute atomic E-state index is 12.3. The van der Waals surface area contributed by atoms with Crippen molar-refractivity contribution >= 4 is 13.1 Å². The molecule has 0 bridgehead atoms. The summed E-state index contributed by atoms with van der Waals surface area (Å²) in [6, 6.07) is 3.68. The molecular formula is C19H27BO7. The van der Waals surface area contributed by atoms with E-state index in [1.807, 2.05) is 39.8 Å². The van der Waals surface area contributed by atoms with Gasteiger partial charge in [-0.2, -0.15) is 0 Å². The molecule has 0 aliphatic carbocycles. The van der Waals surface area contributed by atoms with Gasteiger partial charge in [0.25, 0.3) is 0 Å². The Bertz CT molecular complexity index is 700. The van der Waals surface area contributed by atoms with E-state index in [4.69, 9.17) is 28.3 Å². The molecule has 0 N–H and O–H groups in total. The minimum atomic E-state index is -0.607. The molecule has 8 heteroatoms. The summed E-state index contributed by atoms with van der Waals surface area (Å²) >= 11 is 0. The van der Waals surface area contributed by atoms with E-state index in [9.17, 15) is 4.79 Å². The van der Waals surface area contributed by atoms with Crippen molar-refractivity contribution in [2.45, 2.75) is 58.1 Å². The highest BCUT2D eigenvalue weighted by molar-refractivity contribution is 6.48. The van der Waals surface area contributed by atoms with Gasteiger partial charge in [0.15, 0.2) is 11.5 Å². The van der Waals surface area contributed by atoms with Crippen LogP contribution in [0.15, 0.2) is 12.1 Å². The van der Waals surface area contributed by atoms with Gasteiger partial charge in [0.05, 0.1) is 31.3 Å². The lowest BCUT2D eigenvalue weighted by atomic mass is 9.66. The van der Waals surface area contributed by atoms with Crippen LogP contribution in [-0.2, 0) is 18.8 Å². The van der Waals surface area contributed by atoms with Crippen molar-refractivity contribution in [1.29, 1.82) is 0 Å². The highest BCUT2D eigenvalue weighted by atomic mass is 16.7. The van der Waals surface area contributed by atoms with Crippen molar-refractivity contribution in [3.8, 4) is 17.2 Å². The fourth-order valence-electron chi connectivity index (χ4n) is 3.19. The molecule has 148 valence electrons. The minimum absolute atomic E-state index is 0.119. The Balaban J connectivity index is 1.97. The molecule has 1 atom stereocenters.